The smallest absolute Gasteiger partial charge is 0.0993 e. The predicted octanol–water partition coefficient (Wildman–Crippen LogP) is 3.05. The topological polar surface area (TPSA) is 36.7 Å². The largest absolute Gasteiger partial charge is 0.260 e. The first-order valence-electron chi connectivity index (χ1n) is 5.20. The summed E-state index contributed by atoms with van der Waals surface area (Å²) in [5.74, 6) is 0. The predicted molar refractivity (Wildman–Crippen MR) is 56.7 cm³/mol. The summed E-state index contributed by atoms with van der Waals surface area (Å²) in [4.78, 5) is 4.22. The highest BCUT2D eigenvalue weighted by atomic mass is 14.7. The zero-order valence-electron chi connectivity index (χ0n) is 8.83. The lowest BCUT2D eigenvalue weighted by atomic mass is 9.67. The fourth-order valence-electron chi connectivity index (χ4n) is 1.60. The van der Waals surface area contributed by atoms with Crippen LogP contribution in [0.5, 0.6) is 0 Å². The van der Waals surface area contributed by atoms with E-state index in [1.54, 1.807) is 6.20 Å². The van der Waals surface area contributed by atoms with Crippen LogP contribution < -0.4 is 0 Å². The highest BCUT2D eigenvalue weighted by molar-refractivity contribution is 5.29. The van der Waals surface area contributed by atoms with Crippen molar-refractivity contribution in [3.8, 4) is 6.07 Å². The molecule has 1 heterocycles. The Morgan fingerprint density at radius 2 is 2.07 bits per heavy atom. The number of aromatic nitrogens is 1. The molecule has 0 bridgehead atoms. The maximum atomic E-state index is 9.00. The van der Waals surface area contributed by atoms with Crippen LogP contribution in [-0.2, 0) is 5.41 Å². The molecule has 2 nitrogen and oxygen atoms in total. The van der Waals surface area contributed by atoms with Crippen LogP contribution in [0.3, 0.4) is 0 Å². The Labute approximate surface area is 85.6 Å². The molecule has 1 aromatic heterocycles. The van der Waals surface area contributed by atoms with Gasteiger partial charge in [0.25, 0.3) is 0 Å². The minimum absolute atomic E-state index is 0.249. The fraction of sp³-hybridized carbons (Fsp3) is 0.500. The third-order valence-electron chi connectivity index (χ3n) is 2.58. The van der Waals surface area contributed by atoms with Crippen LogP contribution in [0.1, 0.15) is 38.8 Å². The summed E-state index contributed by atoms with van der Waals surface area (Å²) < 4.78 is 0. The van der Waals surface area contributed by atoms with E-state index in [0.29, 0.717) is 0 Å². The lowest BCUT2D eigenvalue weighted by molar-refractivity contribution is 0.316. The van der Waals surface area contributed by atoms with Crippen molar-refractivity contribution in [1.29, 1.82) is 5.26 Å². The Morgan fingerprint density at radius 1 is 1.36 bits per heavy atom. The van der Waals surface area contributed by atoms with E-state index in [1.807, 2.05) is 32.0 Å². The van der Waals surface area contributed by atoms with Crippen LogP contribution in [0.2, 0.25) is 0 Å². The van der Waals surface area contributed by atoms with Crippen molar-refractivity contribution in [3.63, 3.8) is 0 Å². The lowest BCUT2D eigenvalue weighted by Crippen LogP contribution is -2.33. The molecule has 0 aromatic carbocycles. The number of nitrogens with zero attached hydrogens (tertiary/aromatic N) is 2. The molecule has 0 aliphatic heterocycles. The highest BCUT2D eigenvalue weighted by Crippen LogP contribution is 2.41. The maximum Gasteiger partial charge on any atom is 0.0993 e. The highest BCUT2D eigenvalue weighted by Gasteiger charge is 2.39. The van der Waals surface area contributed by atoms with Crippen molar-refractivity contribution in [3.05, 3.63) is 30.1 Å². The number of rotatable bonds is 1. The Morgan fingerprint density at radius 3 is 2.43 bits per heavy atom. The SMILES string of the molecule is CC.N#CC1(c2ccccn2)CCC1. The average molecular weight is 188 g/mol. The summed E-state index contributed by atoms with van der Waals surface area (Å²) in [6.07, 6.45) is 4.86. The summed E-state index contributed by atoms with van der Waals surface area (Å²) in [5.41, 5.74) is 0.695. The quantitative estimate of drug-likeness (QED) is 0.679. The van der Waals surface area contributed by atoms with Gasteiger partial charge >= 0.3 is 0 Å². The van der Waals surface area contributed by atoms with Gasteiger partial charge in [0.15, 0.2) is 0 Å². The second-order valence-electron chi connectivity index (χ2n) is 3.26. The van der Waals surface area contributed by atoms with E-state index in [-0.39, 0.29) is 5.41 Å². The molecule has 0 atom stereocenters. The first kappa shape index (κ1) is 10.7. The van der Waals surface area contributed by atoms with E-state index in [1.165, 1.54) is 0 Å². The molecule has 0 amide bonds. The Kier molecular flexibility index (Phi) is 3.64. The number of nitriles is 1. The molecular formula is C12H16N2. The van der Waals surface area contributed by atoms with Crippen LogP contribution in [0.15, 0.2) is 24.4 Å². The van der Waals surface area contributed by atoms with Crippen molar-refractivity contribution in [1.82, 2.24) is 4.98 Å². The molecule has 1 fully saturated rings. The Bertz CT molecular complexity index is 307. The lowest BCUT2D eigenvalue weighted by Gasteiger charge is -2.34. The first-order chi connectivity index (χ1) is 6.87. The van der Waals surface area contributed by atoms with Gasteiger partial charge in [0, 0.05) is 6.20 Å². The molecule has 74 valence electrons. The summed E-state index contributed by atoms with van der Waals surface area (Å²) in [7, 11) is 0. The van der Waals surface area contributed by atoms with Gasteiger partial charge in [0.2, 0.25) is 0 Å². The third-order valence-corrected chi connectivity index (χ3v) is 2.58. The van der Waals surface area contributed by atoms with Crippen molar-refractivity contribution in [2.75, 3.05) is 0 Å². The molecule has 1 saturated carbocycles. The monoisotopic (exact) mass is 188 g/mol. The van der Waals surface area contributed by atoms with E-state index in [9.17, 15) is 0 Å². The van der Waals surface area contributed by atoms with Gasteiger partial charge in [-0.15, -0.1) is 0 Å². The molecular weight excluding hydrogens is 172 g/mol. The van der Waals surface area contributed by atoms with E-state index in [0.717, 1.165) is 25.0 Å². The molecule has 0 spiro atoms. The van der Waals surface area contributed by atoms with Crippen LogP contribution in [0.25, 0.3) is 0 Å². The first-order valence-corrected chi connectivity index (χ1v) is 5.20. The molecule has 14 heavy (non-hydrogen) atoms. The van der Waals surface area contributed by atoms with Gasteiger partial charge in [-0.3, -0.25) is 4.98 Å². The molecule has 1 aliphatic rings. The van der Waals surface area contributed by atoms with Crippen LogP contribution in [0, 0.1) is 11.3 Å². The molecule has 1 aromatic rings. The van der Waals surface area contributed by atoms with E-state index in [4.69, 9.17) is 5.26 Å². The number of hydrogen-bond donors (Lipinski definition) is 0. The molecule has 0 N–H and O–H groups in total. The zero-order chi connectivity index (χ0) is 10.4. The van der Waals surface area contributed by atoms with Crippen molar-refractivity contribution < 1.29 is 0 Å². The third kappa shape index (κ3) is 1.77. The van der Waals surface area contributed by atoms with Gasteiger partial charge in [-0.05, 0) is 31.4 Å². The summed E-state index contributed by atoms with van der Waals surface area (Å²) in [6, 6.07) is 8.14. The number of pyridine rings is 1. The zero-order valence-corrected chi connectivity index (χ0v) is 8.83. The van der Waals surface area contributed by atoms with Gasteiger partial charge in [0.05, 0.1) is 17.2 Å². The van der Waals surface area contributed by atoms with Crippen molar-refractivity contribution >= 4 is 0 Å². The Balaban J connectivity index is 0.000000461. The second kappa shape index (κ2) is 4.76. The van der Waals surface area contributed by atoms with Gasteiger partial charge in [-0.2, -0.15) is 5.26 Å². The van der Waals surface area contributed by atoms with E-state index >= 15 is 0 Å². The summed E-state index contributed by atoms with van der Waals surface area (Å²) in [6.45, 7) is 4.00. The van der Waals surface area contributed by atoms with Crippen molar-refractivity contribution in [2.45, 2.75) is 38.5 Å². The minimum Gasteiger partial charge on any atom is -0.260 e. The maximum absolute atomic E-state index is 9.00. The van der Waals surface area contributed by atoms with Crippen LogP contribution >= 0.6 is 0 Å². The van der Waals surface area contributed by atoms with Gasteiger partial charge in [-0.25, -0.2) is 0 Å². The molecule has 2 heteroatoms. The summed E-state index contributed by atoms with van der Waals surface area (Å²) in [5, 5.41) is 9.00. The van der Waals surface area contributed by atoms with Gasteiger partial charge in [-0.1, -0.05) is 19.9 Å². The second-order valence-corrected chi connectivity index (χ2v) is 3.26. The number of hydrogen-bond acceptors (Lipinski definition) is 2. The van der Waals surface area contributed by atoms with Crippen LogP contribution in [-0.4, -0.2) is 4.98 Å². The normalized spacial score (nSPS) is 16.9. The average Bonchev–Trinajstić information content (AvgIpc) is 2.22. The minimum atomic E-state index is -0.249. The molecule has 1 aliphatic carbocycles. The summed E-state index contributed by atoms with van der Waals surface area (Å²) >= 11 is 0. The standard InChI is InChI=1S/C10H10N2.C2H6/c11-8-10(5-3-6-10)9-4-1-2-7-12-9;1-2/h1-2,4,7H,3,5-6H2;1-2H3. The molecule has 0 unspecified atom stereocenters. The van der Waals surface area contributed by atoms with Gasteiger partial charge in [0.1, 0.15) is 0 Å². The van der Waals surface area contributed by atoms with E-state index in [2.05, 4.69) is 11.1 Å². The molecule has 0 saturated heterocycles. The molecule has 2 rings (SSSR count). The fourth-order valence-corrected chi connectivity index (χ4v) is 1.60. The van der Waals surface area contributed by atoms with Gasteiger partial charge < -0.3 is 0 Å². The van der Waals surface area contributed by atoms with E-state index < -0.39 is 0 Å². The van der Waals surface area contributed by atoms with Crippen molar-refractivity contribution in [2.24, 2.45) is 0 Å². The Hall–Kier alpha value is -1.36. The molecule has 0 radical (unpaired) electrons. The van der Waals surface area contributed by atoms with Crippen LogP contribution in [0.4, 0.5) is 0 Å².